The lowest BCUT2D eigenvalue weighted by atomic mass is 9.93. The third-order valence-electron chi connectivity index (χ3n) is 7.40. The van der Waals surface area contributed by atoms with E-state index in [1.54, 1.807) is 31.0 Å². The maximum atomic E-state index is 13.6. The van der Waals surface area contributed by atoms with Crippen LogP contribution >= 0.6 is 15.9 Å². The highest BCUT2D eigenvalue weighted by Crippen LogP contribution is 2.47. The minimum absolute atomic E-state index is 0.00383. The van der Waals surface area contributed by atoms with Gasteiger partial charge < -0.3 is 15.0 Å². The van der Waals surface area contributed by atoms with Crippen LogP contribution in [0.2, 0.25) is 0 Å². The Bertz CT molecular complexity index is 1170. The molecule has 0 bridgehead atoms. The number of carbonyl (C=O) groups excluding carboxylic acids is 3. The monoisotopic (exact) mass is 596 g/mol. The third kappa shape index (κ3) is 6.09. The van der Waals surface area contributed by atoms with Gasteiger partial charge in [-0.25, -0.2) is 4.79 Å². The number of carbonyl (C=O) groups is 3. The molecule has 5 atom stereocenters. The van der Waals surface area contributed by atoms with Crippen molar-refractivity contribution in [1.82, 2.24) is 10.2 Å². The fraction of sp³-hybridized carbons (Fsp3) is 0.577. The van der Waals surface area contributed by atoms with E-state index in [0.29, 0.717) is 13.0 Å². The van der Waals surface area contributed by atoms with Crippen molar-refractivity contribution in [3.05, 3.63) is 40.9 Å². The Labute approximate surface area is 226 Å². The van der Waals surface area contributed by atoms with Crippen LogP contribution in [0.25, 0.3) is 0 Å². The quantitative estimate of drug-likeness (QED) is 0.315. The van der Waals surface area contributed by atoms with E-state index in [4.69, 9.17) is 8.92 Å². The van der Waals surface area contributed by atoms with Crippen LogP contribution in [-0.2, 0) is 33.4 Å². The number of amides is 2. The Morgan fingerprint density at radius 1 is 1.16 bits per heavy atom. The lowest BCUT2D eigenvalue weighted by Gasteiger charge is -2.26. The van der Waals surface area contributed by atoms with Crippen LogP contribution in [0.4, 0.5) is 0 Å². The molecule has 5 unspecified atom stereocenters. The third-order valence-corrected chi connectivity index (χ3v) is 9.30. The average Bonchev–Trinajstić information content (AvgIpc) is 3.39. The number of halogens is 1. The van der Waals surface area contributed by atoms with Gasteiger partial charge in [-0.1, -0.05) is 28.1 Å². The van der Waals surface area contributed by atoms with Gasteiger partial charge in [-0.2, -0.15) is 8.42 Å². The Morgan fingerprint density at radius 3 is 2.57 bits per heavy atom. The summed E-state index contributed by atoms with van der Waals surface area (Å²) in [7, 11) is -2.40. The number of fused-ring (bicyclic) bond motifs is 2. The summed E-state index contributed by atoms with van der Waals surface area (Å²) in [6.45, 7) is 2.43. The van der Waals surface area contributed by atoms with Crippen molar-refractivity contribution in [3.63, 3.8) is 0 Å². The van der Waals surface area contributed by atoms with Crippen LogP contribution in [0.1, 0.15) is 45.4 Å². The van der Waals surface area contributed by atoms with Crippen molar-refractivity contribution in [2.75, 3.05) is 20.2 Å². The summed E-state index contributed by atoms with van der Waals surface area (Å²) in [6.07, 6.45) is 6.17. The lowest BCUT2D eigenvalue weighted by Crippen LogP contribution is -2.50. The molecule has 1 heterocycles. The number of esters is 1. The van der Waals surface area contributed by atoms with E-state index in [-0.39, 0.29) is 36.2 Å². The minimum Gasteiger partial charge on any atom is -0.464 e. The van der Waals surface area contributed by atoms with Crippen molar-refractivity contribution < 1.29 is 31.7 Å². The van der Waals surface area contributed by atoms with Crippen LogP contribution in [-0.4, -0.2) is 62.9 Å². The number of nitrogens with one attached hydrogen (secondary N) is 1. The van der Waals surface area contributed by atoms with Gasteiger partial charge in [-0.05, 0) is 69.7 Å². The SMILES string of the molecule is CCOC(=O)C12CC1/C=C/CCCCN(C)C(=O)C1CC(OS(=O)(=O)c3ccc(Br)cc3)CC1C(=O)N2. The number of hydrogen-bond donors (Lipinski definition) is 1. The Balaban J connectivity index is 1.59. The summed E-state index contributed by atoms with van der Waals surface area (Å²) in [6, 6.07) is 6.06. The first-order valence-corrected chi connectivity index (χ1v) is 14.9. The maximum Gasteiger partial charge on any atom is 0.332 e. The van der Waals surface area contributed by atoms with Gasteiger partial charge in [-0.3, -0.25) is 13.8 Å². The van der Waals surface area contributed by atoms with Gasteiger partial charge in [0.1, 0.15) is 5.54 Å². The van der Waals surface area contributed by atoms with Crippen LogP contribution in [0.15, 0.2) is 45.8 Å². The van der Waals surface area contributed by atoms with Crippen molar-refractivity contribution in [3.8, 4) is 0 Å². The molecule has 2 fully saturated rings. The normalized spacial score (nSPS) is 31.5. The number of nitrogens with zero attached hydrogens (tertiary/aromatic N) is 1. The Hall–Kier alpha value is -2.24. The predicted octanol–water partition coefficient (Wildman–Crippen LogP) is 3.19. The van der Waals surface area contributed by atoms with Gasteiger partial charge in [0.05, 0.1) is 29.4 Å². The highest BCUT2D eigenvalue weighted by molar-refractivity contribution is 9.10. The molecule has 1 aromatic carbocycles. The highest BCUT2D eigenvalue weighted by Gasteiger charge is 2.62. The van der Waals surface area contributed by atoms with Crippen molar-refractivity contribution in [1.29, 1.82) is 0 Å². The van der Waals surface area contributed by atoms with Crippen molar-refractivity contribution in [2.45, 2.75) is 62.0 Å². The highest BCUT2D eigenvalue weighted by atomic mass is 79.9. The van der Waals surface area contributed by atoms with Gasteiger partial charge >= 0.3 is 5.97 Å². The van der Waals surface area contributed by atoms with Gasteiger partial charge in [0.15, 0.2) is 0 Å². The summed E-state index contributed by atoms with van der Waals surface area (Å²) in [4.78, 5) is 41.4. The Morgan fingerprint density at radius 2 is 1.86 bits per heavy atom. The fourth-order valence-corrected chi connectivity index (χ4v) is 6.62. The molecule has 2 saturated carbocycles. The molecule has 1 aliphatic heterocycles. The largest absolute Gasteiger partial charge is 0.464 e. The standard InChI is InChI=1S/C26H33BrN2O7S/c1-3-35-25(32)26-16-17(26)8-6-4-5-7-13-29(2)24(31)22-15-19(14-21(22)23(30)28-26)36-37(33,34)20-11-9-18(27)10-12-20/h6,8-12,17,19,21-22H,3-5,7,13-16H2,1-2H3,(H,28,30)/b8-6+. The van der Waals surface area contributed by atoms with Crippen LogP contribution in [0, 0.1) is 17.8 Å². The summed E-state index contributed by atoms with van der Waals surface area (Å²) < 4.78 is 37.4. The maximum absolute atomic E-state index is 13.6. The molecule has 9 nitrogen and oxygen atoms in total. The number of rotatable bonds is 5. The molecular weight excluding hydrogens is 564 g/mol. The van der Waals surface area contributed by atoms with E-state index in [2.05, 4.69) is 21.2 Å². The molecule has 0 saturated heterocycles. The molecule has 11 heteroatoms. The number of benzene rings is 1. The second-order valence-electron chi connectivity index (χ2n) is 9.99. The zero-order valence-corrected chi connectivity index (χ0v) is 23.4. The van der Waals surface area contributed by atoms with Crippen LogP contribution in [0.3, 0.4) is 0 Å². The molecule has 2 amide bonds. The zero-order chi connectivity index (χ0) is 26.8. The van der Waals surface area contributed by atoms with E-state index in [1.807, 2.05) is 12.2 Å². The van der Waals surface area contributed by atoms with Crippen molar-refractivity contribution >= 4 is 43.8 Å². The Kier molecular flexibility index (Phi) is 8.45. The fourth-order valence-electron chi connectivity index (χ4n) is 5.26. The zero-order valence-electron chi connectivity index (χ0n) is 21.0. The topological polar surface area (TPSA) is 119 Å². The molecule has 0 aromatic heterocycles. The van der Waals surface area contributed by atoms with Crippen molar-refractivity contribution in [2.24, 2.45) is 17.8 Å². The van der Waals surface area contributed by atoms with E-state index >= 15 is 0 Å². The second-order valence-corrected chi connectivity index (χ2v) is 12.5. The molecule has 37 heavy (non-hydrogen) atoms. The van der Waals surface area contributed by atoms with Gasteiger partial charge in [0.2, 0.25) is 11.8 Å². The van der Waals surface area contributed by atoms with Gasteiger partial charge in [-0.15, -0.1) is 0 Å². The molecule has 1 N–H and O–H groups in total. The number of allylic oxidation sites excluding steroid dienone is 1. The molecule has 4 rings (SSSR count). The summed E-state index contributed by atoms with van der Waals surface area (Å²) in [5.74, 6) is -2.95. The van der Waals surface area contributed by atoms with Gasteiger partial charge in [0.25, 0.3) is 10.1 Å². The number of hydrogen-bond acceptors (Lipinski definition) is 7. The molecular formula is C26H33BrN2O7S. The summed E-state index contributed by atoms with van der Waals surface area (Å²) >= 11 is 3.28. The molecule has 202 valence electrons. The lowest BCUT2D eigenvalue weighted by molar-refractivity contribution is -0.150. The molecule has 1 aromatic rings. The van der Waals surface area contributed by atoms with E-state index < -0.39 is 45.5 Å². The van der Waals surface area contributed by atoms with E-state index in [9.17, 15) is 22.8 Å². The summed E-state index contributed by atoms with van der Waals surface area (Å²) in [5.41, 5.74) is -1.16. The predicted molar refractivity (Wildman–Crippen MR) is 139 cm³/mol. The van der Waals surface area contributed by atoms with Gasteiger partial charge in [0, 0.05) is 24.0 Å². The second kappa shape index (κ2) is 11.2. The van der Waals surface area contributed by atoms with Crippen LogP contribution in [0.5, 0.6) is 0 Å². The van der Waals surface area contributed by atoms with Crippen LogP contribution < -0.4 is 5.32 Å². The average molecular weight is 598 g/mol. The first kappa shape index (κ1) is 27.8. The molecule has 2 aliphatic carbocycles. The molecule has 0 radical (unpaired) electrons. The van der Waals surface area contributed by atoms with E-state index in [0.717, 1.165) is 23.7 Å². The first-order valence-electron chi connectivity index (χ1n) is 12.7. The molecule has 0 spiro atoms. The molecule has 3 aliphatic rings. The number of ether oxygens (including phenoxy) is 1. The van der Waals surface area contributed by atoms with E-state index in [1.165, 1.54) is 12.1 Å². The smallest absolute Gasteiger partial charge is 0.332 e. The summed E-state index contributed by atoms with van der Waals surface area (Å²) in [5, 5.41) is 2.89. The minimum atomic E-state index is -4.10. The first-order chi connectivity index (χ1) is 17.6.